The van der Waals surface area contributed by atoms with Gasteiger partial charge < -0.3 is 29.7 Å². The van der Waals surface area contributed by atoms with Crippen molar-refractivity contribution in [3.8, 4) is 0 Å². The second-order valence-corrected chi connectivity index (χ2v) is 14.3. The number of benzene rings is 3. The maximum atomic E-state index is 15.2. The van der Waals surface area contributed by atoms with Gasteiger partial charge in [0.1, 0.15) is 18.2 Å². The van der Waals surface area contributed by atoms with Gasteiger partial charge in [-0.2, -0.15) is 0 Å². The molecule has 3 aromatic carbocycles. The first kappa shape index (κ1) is 37.7. The van der Waals surface area contributed by atoms with Gasteiger partial charge in [0.25, 0.3) is 5.91 Å². The van der Waals surface area contributed by atoms with E-state index in [0.29, 0.717) is 25.7 Å². The van der Waals surface area contributed by atoms with Crippen LogP contribution in [0.4, 0.5) is 5.69 Å². The van der Waals surface area contributed by atoms with E-state index in [2.05, 4.69) is 18.5 Å². The van der Waals surface area contributed by atoms with E-state index in [-0.39, 0.29) is 25.5 Å². The molecule has 3 saturated heterocycles. The fraction of sp³-hybridized carbons (Fsp3) is 0.395. The summed E-state index contributed by atoms with van der Waals surface area (Å²) < 4.78 is 12.4. The maximum absolute atomic E-state index is 15.2. The number of para-hydroxylation sites is 1. The number of ether oxygens (including phenoxy) is 2. The van der Waals surface area contributed by atoms with Gasteiger partial charge in [-0.15, -0.1) is 13.2 Å². The number of nitrogens with one attached hydrogen (secondary N) is 1. The predicted octanol–water partition coefficient (Wildman–Crippen LogP) is 5.17. The summed E-state index contributed by atoms with van der Waals surface area (Å²) in [4.78, 5) is 60.4. The van der Waals surface area contributed by atoms with Gasteiger partial charge in [0.15, 0.2) is 0 Å². The van der Waals surface area contributed by atoms with Crippen LogP contribution in [0.2, 0.25) is 0 Å². The van der Waals surface area contributed by atoms with Crippen molar-refractivity contribution in [1.82, 2.24) is 10.2 Å². The molecule has 3 fully saturated rings. The number of aryl methyl sites for hydroxylation is 2. The summed E-state index contributed by atoms with van der Waals surface area (Å²) in [6.45, 7) is 11.2. The van der Waals surface area contributed by atoms with Crippen molar-refractivity contribution in [3.05, 3.63) is 126 Å². The second-order valence-electron chi connectivity index (χ2n) is 14.3. The minimum absolute atomic E-state index is 0.100. The lowest BCUT2D eigenvalue weighted by Gasteiger charge is -2.40. The lowest BCUT2D eigenvalue weighted by molar-refractivity contribution is -0.146. The third-order valence-electron chi connectivity index (χ3n) is 11.0. The molecule has 0 aliphatic carbocycles. The van der Waals surface area contributed by atoms with Crippen molar-refractivity contribution < 1.29 is 33.8 Å². The number of aliphatic hydroxyl groups excluding tert-OH is 1. The van der Waals surface area contributed by atoms with E-state index < -0.39 is 66.1 Å². The Bertz CT molecular complexity index is 1810. The van der Waals surface area contributed by atoms with Crippen LogP contribution in [0.15, 0.2) is 104 Å². The number of amides is 3. The number of rotatable bonds is 16. The van der Waals surface area contributed by atoms with Crippen LogP contribution in [0, 0.1) is 25.7 Å². The minimum Gasteiger partial charge on any atom is -0.463 e. The normalized spacial score (nSPS) is 23.9. The van der Waals surface area contributed by atoms with Crippen molar-refractivity contribution in [3.63, 3.8) is 0 Å². The summed E-state index contributed by atoms with van der Waals surface area (Å²) in [5.41, 5.74) is 2.83. The molecular weight excluding hydrogens is 670 g/mol. The first-order valence-corrected chi connectivity index (χ1v) is 18.4. The quantitative estimate of drug-likeness (QED) is 0.155. The molecule has 6 rings (SSSR count). The molecule has 7 atom stereocenters. The van der Waals surface area contributed by atoms with E-state index in [9.17, 15) is 14.7 Å². The lowest BCUT2D eigenvalue weighted by Crippen LogP contribution is -2.59. The van der Waals surface area contributed by atoms with Crippen molar-refractivity contribution in [2.45, 2.75) is 75.8 Å². The van der Waals surface area contributed by atoms with Crippen molar-refractivity contribution in [2.75, 3.05) is 24.7 Å². The molecule has 3 aliphatic rings. The zero-order valence-corrected chi connectivity index (χ0v) is 30.5. The number of aliphatic hydroxyl groups is 1. The number of likely N-dealkylation sites (tertiary alicyclic amines) is 1. The van der Waals surface area contributed by atoms with Crippen LogP contribution in [-0.2, 0) is 35.1 Å². The number of carbonyl (C=O) groups is 4. The molecule has 1 spiro atoms. The second kappa shape index (κ2) is 16.3. The van der Waals surface area contributed by atoms with Crippen LogP contribution in [0.3, 0.4) is 0 Å². The fourth-order valence-corrected chi connectivity index (χ4v) is 8.64. The summed E-state index contributed by atoms with van der Waals surface area (Å²) in [5, 5.41) is 14.0. The van der Waals surface area contributed by atoms with Gasteiger partial charge in [-0.3, -0.25) is 19.2 Å². The van der Waals surface area contributed by atoms with Crippen LogP contribution in [0.5, 0.6) is 0 Å². The van der Waals surface area contributed by atoms with Gasteiger partial charge in [0.2, 0.25) is 11.8 Å². The van der Waals surface area contributed by atoms with Crippen LogP contribution in [0.25, 0.3) is 0 Å². The van der Waals surface area contributed by atoms with E-state index in [1.54, 1.807) is 17.1 Å². The van der Waals surface area contributed by atoms with Gasteiger partial charge in [0.05, 0.1) is 36.6 Å². The number of allylic oxidation sites excluding steroid dienone is 1. The molecule has 278 valence electrons. The Labute approximate surface area is 311 Å². The molecule has 0 saturated carbocycles. The molecule has 0 radical (unpaired) electrons. The average molecular weight is 720 g/mol. The molecule has 53 heavy (non-hydrogen) atoms. The molecule has 0 unspecified atom stereocenters. The van der Waals surface area contributed by atoms with Crippen molar-refractivity contribution in [1.29, 1.82) is 0 Å². The Kier molecular flexibility index (Phi) is 11.6. The largest absolute Gasteiger partial charge is 0.463 e. The third kappa shape index (κ3) is 7.30. The molecule has 3 aliphatic heterocycles. The summed E-state index contributed by atoms with van der Waals surface area (Å²) in [5.74, 6) is -3.46. The van der Waals surface area contributed by atoms with E-state index in [0.717, 1.165) is 27.9 Å². The summed E-state index contributed by atoms with van der Waals surface area (Å²) >= 11 is 0. The molecule has 3 heterocycles. The van der Waals surface area contributed by atoms with Crippen LogP contribution in [0.1, 0.15) is 54.0 Å². The SMILES string of the molecule is C=CCCC(=O)OC[C@@H](NC(=O)[C@@H]1[C@@H]2CC[C@]3(O2)[C@H](C(=O)N(CC=C)c2c(C)cccc2C)N([C@@H](CO)Cc2ccccc2)C(=O)[C@@H]13)c1ccccc1. The molecule has 10 heteroatoms. The molecule has 2 bridgehead atoms. The van der Waals surface area contributed by atoms with Gasteiger partial charge in [-0.25, -0.2) is 0 Å². The molecule has 10 nitrogen and oxygen atoms in total. The number of anilines is 1. The van der Waals surface area contributed by atoms with E-state index in [4.69, 9.17) is 9.47 Å². The van der Waals surface area contributed by atoms with Crippen LogP contribution in [-0.4, -0.2) is 77.2 Å². The molecule has 2 N–H and O–H groups in total. The Hall–Kier alpha value is -5.06. The Balaban J connectivity index is 1.38. The maximum Gasteiger partial charge on any atom is 0.306 e. The monoisotopic (exact) mass is 719 g/mol. The van der Waals surface area contributed by atoms with Crippen LogP contribution < -0.4 is 10.2 Å². The number of fused-ring (bicyclic) bond motifs is 1. The summed E-state index contributed by atoms with van der Waals surface area (Å²) in [6, 6.07) is 22.0. The summed E-state index contributed by atoms with van der Waals surface area (Å²) in [7, 11) is 0. The standard InChI is InChI=1S/C43H49N3O7/c1-5-7-21-35(48)52-27-33(31-19-12-9-13-20-31)44-40(49)36-34-22-23-43(53-34)37(36)41(50)46(32(26-47)25-30-17-10-8-11-18-30)39(43)42(51)45(24-6-2)38-28(3)15-14-16-29(38)4/h5-6,8-20,32-34,36-37,39,47H,1-2,7,21-27H2,3-4H3,(H,44,49)/t32-,33-,34+,36-,37-,39+,43-/m1/s1. The average Bonchev–Trinajstić information content (AvgIpc) is 3.82. The fourth-order valence-electron chi connectivity index (χ4n) is 8.64. The molecular formula is C43H49N3O7. The Morgan fingerprint density at radius 3 is 2.34 bits per heavy atom. The van der Waals surface area contributed by atoms with Crippen molar-refractivity contribution >= 4 is 29.4 Å². The highest BCUT2D eigenvalue weighted by Crippen LogP contribution is 2.59. The summed E-state index contributed by atoms with van der Waals surface area (Å²) in [6.07, 6.45) is 4.49. The van der Waals surface area contributed by atoms with E-state index in [1.165, 1.54) is 4.90 Å². The first-order chi connectivity index (χ1) is 25.6. The Morgan fingerprint density at radius 2 is 1.70 bits per heavy atom. The van der Waals surface area contributed by atoms with Crippen LogP contribution >= 0.6 is 0 Å². The lowest BCUT2D eigenvalue weighted by atomic mass is 9.70. The number of hydrogen-bond donors (Lipinski definition) is 2. The minimum atomic E-state index is -1.31. The van der Waals surface area contributed by atoms with Gasteiger partial charge >= 0.3 is 5.97 Å². The predicted molar refractivity (Wildman–Crippen MR) is 202 cm³/mol. The smallest absolute Gasteiger partial charge is 0.306 e. The number of esters is 1. The highest BCUT2D eigenvalue weighted by atomic mass is 16.5. The number of nitrogens with zero attached hydrogens (tertiary/aromatic N) is 2. The zero-order valence-electron chi connectivity index (χ0n) is 30.5. The third-order valence-corrected chi connectivity index (χ3v) is 11.0. The number of carbonyl (C=O) groups excluding carboxylic acids is 4. The van der Waals surface area contributed by atoms with Gasteiger partial charge in [0, 0.05) is 18.7 Å². The molecule has 0 aromatic heterocycles. The highest BCUT2D eigenvalue weighted by molar-refractivity contribution is 6.05. The first-order valence-electron chi connectivity index (χ1n) is 18.4. The zero-order chi connectivity index (χ0) is 37.7. The van der Waals surface area contributed by atoms with Crippen molar-refractivity contribution in [2.24, 2.45) is 11.8 Å². The van der Waals surface area contributed by atoms with Gasteiger partial charge in [-0.1, -0.05) is 91.0 Å². The molecule has 3 aromatic rings. The van der Waals surface area contributed by atoms with E-state index >= 15 is 9.59 Å². The van der Waals surface area contributed by atoms with Gasteiger partial charge in [-0.05, 0) is 61.8 Å². The number of hydrogen-bond acceptors (Lipinski definition) is 7. The Morgan fingerprint density at radius 1 is 1.02 bits per heavy atom. The highest BCUT2D eigenvalue weighted by Gasteiger charge is 2.75. The van der Waals surface area contributed by atoms with E-state index in [1.807, 2.05) is 92.7 Å². The molecule has 3 amide bonds. The topological polar surface area (TPSA) is 125 Å².